The Morgan fingerprint density at radius 1 is 1.58 bits per heavy atom. The number of nitriles is 1. The Balaban J connectivity index is 2.98. The zero-order valence-corrected chi connectivity index (χ0v) is 6.00. The Kier molecular flexibility index (Phi) is 2.23. The monoisotopic (exact) mass is 163 g/mol. The van der Waals surface area contributed by atoms with Crippen molar-refractivity contribution in [3.63, 3.8) is 0 Å². The first-order valence-corrected chi connectivity index (χ1v) is 3.13. The number of H-pyrrole nitrogens is 1. The molecular weight excluding hydrogens is 158 g/mol. The van der Waals surface area contributed by atoms with E-state index in [4.69, 9.17) is 5.26 Å². The molecule has 0 atom stereocenters. The van der Waals surface area contributed by atoms with Crippen LogP contribution >= 0.6 is 0 Å². The molecule has 0 aliphatic rings. The van der Waals surface area contributed by atoms with Gasteiger partial charge in [0.2, 0.25) is 5.56 Å². The second-order valence-corrected chi connectivity index (χ2v) is 1.99. The van der Waals surface area contributed by atoms with Crippen LogP contribution in [0.5, 0.6) is 0 Å². The lowest BCUT2D eigenvalue weighted by Gasteiger charge is -1.94. The van der Waals surface area contributed by atoms with Gasteiger partial charge < -0.3 is 4.98 Å². The van der Waals surface area contributed by atoms with E-state index in [2.05, 4.69) is 4.98 Å². The van der Waals surface area contributed by atoms with Gasteiger partial charge in [-0.25, -0.2) is 0 Å². The quantitative estimate of drug-likeness (QED) is 0.435. The average Bonchev–Trinajstić information content (AvgIpc) is 2.05. The summed E-state index contributed by atoms with van der Waals surface area (Å²) in [6, 6.07) is 4.13. The number of aromatic amines is 1. The summed E-state index contributed by atoms with van der Waals surface area (Å²) >= 11 is 0. The fraction of sp³-hybridized carbons (Fsp3) is 0. The first-order valence-electron chi connectivity index (χ1n) is 3.13. The third kappa shape index (κ3) is 1.70. The van der Waals surface area contributed by atoms with Gasteiger partial charge in [-0.3, -0.25) is 14.9 Å². The molecule has 0 aromatic carbocycles. The summed E-state index contributed by atoms with van der Waals surface area (Å²) in [6.45, 7) is 0. The molecule has 0 saturated heterocycles. The number of amides is 1. The van der Waals surface area contributed by atoms with E-state index in [0.29, 0.717) is 0 Å². The largest absolute Gasteiger partial charge is 0.318 e. The second-order valence-electron chi connectivity index (χ2n) is 1.99. The molecule has 12 heavy (non-hydrogen) atoms. The van der Waals surface area contributed by atoms with E-state index in [9.17, 15) is 9.59 Å². The van der Waals surface area contributed by atoms with Crippen LogP contribution in [0.4, 0.5) is 0 Å². The lowest BCUT2D eigenvalue weighted by atomic mass is 10.3. The van der Waals surface area contributed by atoms with Crippen molar-refractivity contribution in [3.8, 4) is 6.19 Å². The fourth-order valence-corrected chi connectivity index (χ4v) is 0.698. The van der Waals surface area contributed by atoms with Gasteiger partial charge in [0.1, 0.15) is 5.69 Å². The number of carbonyl (C=O) groups is 1. The number of aromatic nitrogens is 1. The Bertz CT molecular complexity index is 388. The maximum absolute atomic E-state index is 10.9. The van der Waals surface area contributed by atoms with Crippen molar-refractivity contribution in [2.45, 2.75) is 0 Å². The summed E-state index contributed by atoms with van der Waals surface area (Å²) in [5, 5.41) is 9.98. The molecule has 0 bridgehead atoms. The van der Waals surface area contributed by atoms with Gasteiger partial charge in [0, 0.05) is 6.07 Å². The molecule has 60 valence electrons. The van der Waals surface area contributed by atoms with E-state index in [0.717, 1.165) is 0 Å². The molecule has 0 saturated carbocycles. The second kappa shape index (κ2) is 3.34. The number of carbonyl (C=O) groups excluding carboxylic acids is 1. The third-order valence-corrected chi connectivity index (χ3v) is 1.18. The van der Waals surface area contributed by atoms with Crippen LogP contribution in [-0.2, 0) is 0 Å². The lowest BCUT2D eigenvalue weighted by molar-refractivity contribution is 0.0968. The van der Waals surface area contributed by atoms with Crippen molar-refractivity contribution in [2.24, 2.45) is 0 Å². The highest BCUT2D eigenvalue weighted by atomic mass is 16.2. The zero-order chi connectivity index (χ0) is 8.97. The summed E-state index contributed by atoms with van der Waals surface area (Å²) in [5.74, 6) is -0.616. The van der Waals surface area contributed by atoms with Gasteiger partial charge in [-0.05, 0) is 6.07 Å². The lowest BCUT2D eigenvalue weighted by Crippen LogP contribution is -2.21. The smallest absolute Gasteiger partial charge is 0.280 e. The van der Waals surface area contributed by atoms with Crippen molar-refractivity contribution < 1.29 is 4.79 Å². The third-order valence-electron chi connectivity index (χ3n) is 1.18. The van der Waals surface area contributed by atoms with Gasteiger partial charge in [-0.1, -0.05) is 6.07 Å². The molecule has 0 spiro atoms. The van der Waals surface area contributed by atoms with Gasteiger partial charge in [-0.2, -0.15) is 5.26 Å². The van der Waals surface area contributed by atoms with Crippen LogP contribution in [0.3, 0.4) is 0 Å². The van der Waals surface area contributed by atoms with Crippen LogP contribution in [0, 0.1) is 11.5 Å². The maximum atomic E-state index is 10.9. The summed E-state index contributed by atoms with van der Waals surface area (Å²) in [6.07, 6.45) is 1.46. The Hall–Kier alpha value is -2.09. The number of hydrogen-bond acceptors (Lipinski definition) is 3. The Morgan fingerprint density at radius 2 is 2.33 bits per heavy atom. The van der Waals surface area contributed by atoms with Crippen molar-refractivity contribution in [3.05, 3.63) is 34.2 Å². The predicted molar refractivity (Wildman–Crippen MR) is 40.1 cm³/mol. The molecule has 0 radical (unpaired) electrons. The molecule has 2 N–H and O–H groups in total. The number of pyridine rings is 1. The van der Waals surface area contributed by atoms with Crippen molar-refractivity contribution >= 4 is 5.91 Å². The van der Waals surface area contributed by atoms with E-state index in [-0.39, 0.29) is 11.3 Å². The van der Waals surface area contributed by atoms with E-state index >= 15 is 0 Å². The van der Waals surface area contributed by atoms with E-state index in [1.165, 1.54) is 24.4 Å². The fourth-order valence-electron chi connectivity index (χ4n) is 0.698. The van der Waals surface area contributed by atoms with Crippen LogP contribution in [0.1, 0.15) is 10.5 Å². The van der Waals surface area contributed by atoms with Gasteiger partial charge in [0.25, 0.3) is 5.91 Å². The summed E-state index contributed by atoms with van der Waals surface area (Å²) in [7, 11) is 0. The number of rotatable bonds is 1. The topological polar surface area (TPSA) is 85.8 Å². The predicted octanol–water partition coefficient (Wildman–Crippen LogP) is -0.414. The molecule has 1 aromatic heterocycles. The summed E-state index contributed by atoms with van der Waals surface area (Å²) in [5.41, 5.74) is -0.301. The first kappa shape index (κ1) is 8.01. The minimum Gasteiger partial charge on any atom is -0.318 e. The highest BCUT2D eigenvalue weighted by molar-refractivity contribution is 5.93. The van der Waals surface area contributed by atoms with E-state index < -0.39 is 5.91 Å². The normalized spacial score (nSPS) is 8.58. The van der Waals surface area contributed by atoms with Crippen molar-refractivity contribution in [1.29, 1.82) is 5.26 Å². The van der Waals surface area contributed by atoms with Gasteiger partial charge in [0.05, 0.1) is 0 Å². The number of nitrogens with one attached hydrogen (secondary N) is 2. The molecule has 0 aliphatic carbocycles. The van der Waals surface area contributed by atoms with Gasteiger partial charge in [0.15, 0.2) is 6.19 Å². The standard InChI is InChI=1S/C7H5N3O2/c8-4-9-7(12)5-2-1-3-6(11)10-5/h1-3H,(H,9,12)(H,10,11). The molecular formula is C7H5N3O2. The highest BCUT2D eigenvalue weighted by Crippen LogP contribution is 1.88. The van der Waals surface area contributed by atoms with Gasteiger partial charge >= 0.3 is 0 Å². The van der Waals surface area contributed by atoms with Crippen LogP contribution < -0.4 is 10.9 Å². The molecule has 1 amide bonds. The van der Waals surface area contributed by atoms with E-state index in [1.807, 2.05) is 5.32 Å². The molecule has 1 aromatic rings. The van der Waals surface area contributed by atoms with Crippen LogP contribution in [0.15, 0.2) is 23.0 Å². The molecule has 0 aliphatic heterocycles. The molecule has 1 rings (SSSR count). The zero-order valence-electron chi connectivity index (χ0n) is 6.00. The van der Waals surface area contributed by atoms with Crippen molar-refractivity contribution in [2.75, 3.05) is 0 Å². The molecule has 0 fully saturated rings. The molecule has 1 heterocycles. The van der Waals surface area contributed by atoms with Crippen LogP contribution in [0.25, 0.3) is 0 Å². The minimum absolute atomic E-state index is 0.0732. The number of hydrogen-bond donors (Lipinski definition) is 2. The van der Waals surface area contributed by atoms with Crippen molar-refractivity contribution in [1.82, 2.24) is 10.3 Å². The molecule has 5 nitrogen and oxygen atoms in total. The van der Waals surface area contributed by atoms with Crippen LogP contribution in [0.2, 0.25) is 0 Å². The van der Waals surface area contributed by atoms with Gasteiger partial charge in [-0.15, -0.1) is 0 Å². The summed E-state index contributed by atoms with van der Waals surface area (Å²) < 4.78 is 0. The minimum atomic E-state index is -0.616. The highest BCUT2D eigenvalue weighted by Gasteiger charge is 2.03. The molecule has 5 heteroatoms. The van der Waals surface area contributed by atoms with E-state index in [1.54, 1.807) is 0 Å². The SMILES string of the molecule is N#CNC(=O)c1cccc(=O)[nH]1. The maximum Gasteiger partial charge on any atom is 0.280 e. The molecule has 0 unspecified atom stereocenters. The average molecular weight is 163 g/mol. The Morgan fingerprint density at radius 3 is 2.92 bits per heavy atom. The Labute approximate surface area is 67.6 Å². The number of nitrogens with zero attached hydrogens (tertiary/aromatic N) is 1. The first-order chi connectivity index (χ1) is 5.74. The summed E-state index contributed by atoms with van der Waals surface area (Å²) in [4.78, 5) is 23.8. The van der Waals surface area contributed by atoms with Crippen LogP contribution in [-0.4, -0.2) is 10.9 Å².